The van der Waals surface area contributed by atoms with Crippen LogP contribution in [-0.4, -0.2) is 28.6 Å². The number of nitrogens with zero attached hydrogens (tertiary/aromatic N) is 4. The van der Waals surface area contributed by atoms with E-state index in [2.05, 4.69) is 16.2 Å². The molecule has 116 valence electrons. The maximum absolute atomic E-state index is 13.6. The molecule has 0 saturated carbocycles. The highest BCUT2D eigenvalue weighted by Gasteiger charge is 2.20. The Morgan fingerprint density at radius 3 is 2.77 bits per heavy atom. The molecule has 2 rings (SSSR count). The van der Waals surface area contributed by atoms with E-state index in [0.29, 0.717) is 29.4 Å². The first-order valence-electron chi connectivity index (χ1n) is 7.12. The fourth-order valence-corrected chi connectivity index (χ4v) is 2.07. The highest BCUT2D eigenvalue weighted by Crippen LogP contribution is 2.23. The van der Waals surface area contributed by atoms with E-state index in [1.165, 1.54) is 6.07 Å². The first kappa shape index (κ1) is 16.1. The molecule has 0 spiro atoms. The summed E-state index contributed by atoms with van der Waals surface area (Å²) in [5, 5.41) is 12.8. The number of aryl methyl sites for hydroxylation is 1. The van der Waals surface area contributed by atoms with Gasteiger partial charge in [-0.2, -0.15) is 10.2 Å². The van der Waals surface area contributed by atoms with Crippen molar-refractivity contribution in [2.75, 3.05) is 13.6 Å². The smallest absolute Gasteiger partial charge is 0.244 e. The van der Waals surface area contributed by atoms with Crippen LogP contribution in [0.1, 0.15) is 31.3 Å². The number of nitriles is 1. The van der Waals surface area contributed by atoms with Crippen molar-refractivity contribution in [2.45, 2.75) is 26.8 Å². The number of aromatic nitrogens is 2. The molecule has 22 heavy (non-hydrogen) atoms. The molecule has 0 N–H and O–H groups in total. The van der Waals surface area contributed by atoms with E-state index < -0.39 is 0 Å². The summed E-state index contributed by atoms with van der Waals surface area (Å²) in [5.74, 6) is 0.434. The van der Waals surface area contributed by atoms with Crippen LogP contribution < -0.4 is 0 Å². The van der Waals surface area contributed by atoms with Crippen LogP contribution >= 0.6 is 0 Å². The number of hydrogen-bond acceptors (Lipinski definition) is 5. The van der Waals surface area contributed by atoms with E-state index in [4.69, 9.17) is 9.78 Å². The van der Waals surface area contributed by atoms with Gasteiger partial charge in [0, 0.05) is 12.1 Å². The molecule has 2 atom stereocenters. The van der Waals surface area contributed by atoms with Gasteiger partial charge in [-0.3, -0.25) is 4.90 Å². The van der Waals surface area contributed by atoms with Crippen molar-refractivity contribution in [1.29, 1.82) is 5.26 Å². The minimum Gasteiger partial charge on any atom is -0.337 e. The zero-order valence-electron chi connectivity index (χ0n) is 13.2. The highest BCUT2D eigenvalue weighted by molar-refractivity contribution is 5.54. The molecule has 0 bridgehead atoms. The Morgan fingerprint density at radius 1 is 1.41 bits per heavy atom. The fraction of sp³-hybridized carbons (Fsp3) is 0.438. The van der Waals surface area contributed by atoms with E-state index in [9.17, 15) is 4.39 Å². The average molecular weight is 302 g/mol. The summed E-state index contributed by atoms with van der Waals surface area (Å²) in [6.07, 6.45) is 0. The number of rotatable bonds is 5. The van der Waals surface area contributed by atoms with Gasteiger partial charge in [0.05, 0.1) is 18.0 Å². The predicted octanol–water partition coefficient (Wildman–Crippen LogP) is 3.34. The van der Waals surface area contributed by atoms with Gasteiger partial charge in [-0.05, 0) is 39.4 Å². The van der Waals surface area contributed by atoms with Crippen LogP contribution in [-0.2, 0) is 0 Å². The van der Waals surface area contributed by atoms with Crippen LogP contribution in [0.3, 0.4) is 0 Å². The molecule has 0 fully saturated rings. The number of benzene rings is 1. The molecular formula is C16H19FN4O. The molecule has 0 unspecified atom stereocenters. The molecular weight excluding hydrogens is 283 g/mol. The van der Waals surface area contributed by atoms with Gasteiger partial charge in [-0.1, -0.05) is 17.3 Å². The first-order valence-corrected chi connectivity index (χ1v) is 7.12. The van der Waals surface area contributed by atoms with Gasteiger partial charge in [-0.25, -0.2) is 4.39 Å². The molecule has 2 aromatic rings. The minimum atomic E-state index is -0.295. The second-order valence-corrected chi connectivity index (χ2v) is 5.57. The van der Waals surface area contributed by atoms with Crippen molar-refractivity contribution in [2.24, 2.45) is 5.92 Å². The number of hydrogen-bond donors (Lipinski definition) is 0. The Bertz CT molecular complexity index is 692. The van der Waals surface area contributed by atoms with Crippen molar-refractivity contribution >= 4 is 0 Å². The third kappa shape index (κ3) is 3.49. The van der Waals surface area contributed by atoms with Gasteiger partial charge in [0.1, 0.15) is 5.82 Å². The Morgan fingerprint density at radius 2 is 2.14 bits per heavy atom. The third-order valence-electron chi connectivity index (χ3n) is 3.67. The Kier molecular flexibility index (Phi) is 4.88. The third-order valence-corrected chi connectivity index (χ3v) is 3.67. The number of halogens is 1. The Balaban J connectivity index is 2.17. The average Bonchev–Trinajstić information content (AvgIpc) is 2.98. The van der Waals surface area contributed by atoms with Crippen LogP contribution in [0.5, 0.6) is 0 Å². The summed E-state index contributed by atoms with van der Waals surface area (Å²) in [5.41, 5.74) is 1.16. The van der Waals surface area contributed by atoms with Gasteiger partial charge < -0.3 is 4.52 Å². The van der Waals surface area contributed by atoms with E-state index in [1.54, 1.807) is 19.1 Å². The van der Waals surface area contributed by atoms with Gasteiger partial charge in [-0.15, -0.1) is 0 Å². The Labute approximate surface area is 129 Å². The topological polar surface area (TPSA) is 66.0 Å². The van der Waals surface area contributed by atoms with Crippen LogP contribution in [0.25, 0.3) is 11.4 Å². The largest absolute Gasteiger partial charge is 0.337 e. The zero-order valence-corrected chi connectivity index (χ0v) is 13.2. The quantitative estimate of drug-likeness (QED) is 0.847. The molecule has 6 heteroatoms. The normalized spacial score (nSPS) is 13.9. The first-order chi connectivity index (χ1) is 10.4. The van der Waals surface area contributed by atoms with E-state index in [1.807, 2.05) is 25.8 Å². The van der Waals surface area contributed by atoms with Crippen molar-refractivity contribution in [1.82, 2.24) is 15.0 Å². The van der Waals surface area contributed by atoms with E-state index in [-0.39, 0.29) is 17.8 Å². The molecule has 1 aromatic heterocycles. The second-order valence-electron chi connectivity index (χ2n) is 5.57. The van der Waals surface area contributed by atoms with Gasteiger partial charge in [0.15, 0.2) is 0 Å². The van der Waals surface area contributed by atoms with Crippen molar-refractivity contribution in [3.8, 4) is 17.5 Å². The summed E-state index contributed by atoms with van der Waals surface area (Å²) < 4.78 is 18.9. The van der Waals surface area contributed by atoms with Gasteiger partial charge >= 0.3 is 0 Å². The van der Waals surface area contributed by atoms with Crippen LogP contribution in [0.4, 0.5) is 4.39 Å². The molecule has 0 radical (unpaired) electrons. The maximum Gasteiger partial charge on any atom is 0.244 e. The summed E-state index contributed by atoms with van der Waals surface area (Å²) in [4.78, 5) is 6.31. The molecule has 0 saturated heterocycles. The lowest BCUT2D eigenvalue weighted by atomic mass is 10.1. The minimum absolute atomic E-state index is 0.0824. The predicted molar refractivity (Wildman–Crippen MR) is 80.3 cm³/mol. The van der Waals surface area contributed by atoms with Crippen LogP contribution in [0, 0.1) is 30.0 Å². The zero-order chi connectivity index (χ0) is 16.3. The molecule has 0 aliphatic heterocycles. The van der Waals surface area contributed by atoms with Crippen molar-refractivity contribution in [3.63, 3.8) is 0 Å². The maximum atomic E-state index is 13.6. The monoisotopic (exact) mass is 302 g/mol. The lowest BCUT2D eigenvalue weighted by molar-refractivity contribution is 0.198. The summed E-state index contributed by atoms with van der Waals surface area (Å²) in [6, 6.07) is 6.92. The fourth-order valence-electron chi connectivity index (χ4n) is 2.07. The highest BCUT2D eigenvalue weighted by atomic mass is 19.1. The van der Waals surface area contributed by atoms with Gasteiger partial charge in [0.2, 0.25) is 11.7 Å². The standard InChI is InChI=1S/C16H19FN4O/c1-10(8-18)9-21(4)12(3)16-19-15(20-22-16)13-6-5-11(2)14(17)7-13/h5-7,10,12H,9H2,1-4H3/t10-,12-/m1/s1. The molecule has 5 nitrogen and oxygen atoms in total. The van der Waals surface area contributed by atoms with Crippen LogP contribution in [0.15, 0.2) is 22.7 Å². The SMILES string of the molecule is Cc1ccc(-c2noc([C@@H](C)N(C)C[C@H](C)C#N)n2)cc1F. The van der Waals surface area contributed by atoms with Crippen molar-refractivity contribution < 1.29 is 8.91 Å². The second kappa shape index (κ2) is 6.67. The van der Waals surface area contributed by atoms with Crippen LogP contribution in [0.2, 0.25) is 0 Å². The summed E-state index contributed by atoms with van der Waals surface area (Å²) in [6.45, 7) is 6.09. The molecule has 0 amide bonds. The summed E-state index contributed by atoms with van der Waals surface area (Å²) in [7, 11) is 1.90. The van der Waals surface area contributed by atoms with E-state index in [0.717, 1.165) is 0 Å². The molecule has 1 heterocycles. The Hall–Kier alpha value is -2.26. The van der Waals surface area contributed by atoms with Crippen molar-refractivity contribution in [3.05, 3.63) is 35.5 Å². The lowest BCUT2D eigenvalue weighted by Crippen LogP contribution is -2.27. The van der Waals surface area contributed by atoms with Gasteiger partial charge in [0.25, 0.3) is 0 Å². The van der Waals surface area contributed by atoms with E-state index >= 15 is 0 Å². The summed E-state index contributed by atoms with van der Waals surface area (Å²) >= 11 is 0. The molecule has 0 aliphatic carbocycles. The molecule has 0 aliphatic rings. The lowest BCUT2D eigenvalue weighted by Gasteiger charge is -2.22. The molecule has 1 aromatic carbocycles.